The van der Waals surface area contributed by atoms with E-state index in [0.717, 1.165) is 51.5 Å². The van der Waals surface area contributed by atoms with Crippen molar-refractivity contribution >= 4 is 63.7 Å². The molecule has 4 amide bonds. The number of hydrogen-bond donors (Lipinski definition) is 2. The molecule has 16 nitrogen and oxygen atoms in total. The Morgan fingerprint density at radius 2 is 1.69 bits per heavy atom. The minimum absolute atomic E-state index is 0.000730. The number of nitrogens with zero attached hydrogens (tertiary/aromatic N) is 8. The number of ether oxygens (including phenoxy) is 1. The number of anilines is 2. The Balaban J connectivity index is 0.860. The van der Waals surface area contributed by atoms with Gasteiger partial charge in [-0.3, -0.25) is 29.1 Å². The summed E-state index contributed by atoms with van der Waals surface area (Å²) in [5, 5.41) is 26.5. The summed E-state index contributed by atoms with van der Waals surface area (Å²) < 4.78 is 100. The number of aryl methyl sites for hydroxylation is 2. The van der Waals surface area contributed by atoms with Crippen LogP contribution >= 0.6 is 23.6 Å². The van der Waals surface area contributed by atoms with E-state index in [1.165, 1.54) is 48.3 Å². The summed E-state index contributed by atoms with van der Waals surface area (Å²) >= 11 is 6.95. The van der Waals surface area contributed by atoms with E-state index in [4.69, 9.17) is 21.5 Å². The Labute approximate surface area is 464 Å². The predicted octanol–water partition coefficient (Wildman–Crippen LogP) is 9.72. The largest absolute Gasteiger partial charge is 0.487 e. The lowest BCUT2D eigenvalue weighted by atomic mass is 9.91. The van der Waals surface area contributed by atoms with Crippen molar-refractivity contribution in [1.29, 1.82) is 5.26 Å². The number of aliphatic hydroxyl groups is 1. The number of carbonyl (C=O) groups excluding carboxylic acids is 4. The van der Waals surface area contributed by atoms with Crippen molar-refractivity contribution in [1.82, 2.24) is 30.2 Å². The number of thiazole rings is 1. The second-order valence-electron chi connectivity index (χ2n) is 20.8. The van der Waals surface area contributed by atoms with Crippen LogP contribution in [0.4, 0.5) is 37.7 Å². The van der Waals surface area contributed by atoms with Crippen molar-refractivity contribution < 1.29 is 59.9 Å². The first-order valence-electron chi connectivity index (χ1n) is 25.5. The van der Waals surface area contributed by atoms with Crippen molar-refractivity contribution in [3.63, 3.8) is 0 Å². The van der Waals surface area contributed by atoms with Gasteiger partial charge >= 0.3 is 6.18 Å². The molecule has 3 aromatic heterocycles. The summed E-state index contributed by atoms with van der Waals surface area (Å²) in [5.74, 6) is -6.71. The second-order valence-corrected chi connectivity index (χ2v) is 22.0. The molecule has 4 atom stereocenters. The van der Waals surface area contributed by atoms with E-state index >= 15 is 13.2 Å². The molecule has 0 saturated carbocycles. The van der Waals surface area contributed by atoms with Crippen LogP contribution in [0, 0.1) is 48.5 Å². The third kappa shape index (κ3) is 11.1. The number of carbonyl (C=O) groups is 4. The van der Waals surface area contributed by atoms with Gasteiger partial charge in [0.25, 0.3) is 5.91 Å². The van der Waals surface area contributed by atoms with Crippen LogP contribution in [0.1, 0.15) is 99.2 Å². The lowest BCUT2D eigenvalue weighted by Crippen LogP contribution is -2.49. The second kappa shape index (κ2) is 22.4. The minimum atomic E-state index is -5.29. The number of rotatable bonds is 14. The standard InChI is InChI=1S/C56H53F6N9O7S2/c1-28(2)46(44-19-29(3)67-78-44)52(75)69-26-36(72)22-42(69)51(74)66-40(31-7-9-32(10-8-31)50-30(4)65-27-80-50)23-45(73)68-17-15-37(16-18-68)77-43-14-12-33(20-38(43)57)49-39(58)21-35(25-64-49)71-54(79)70(53(76)55(71,5)6)41-13-11-34(24-63)47(48(41)59)56(60,61)62/h7-14,19-21,25,27-28,36-37,40,42,46,72H,15-18,22-23,26H2,1-6H3,(H,66,74)/t36-,40+,42+,46?/m1/s1. The maximum absolute atomic E-state index is 16.0. The van der Waals surface area contributed by atoms with Crippen molar-refractivity contribution in [2.75, 3.05) is 29.4 Å². The number of aliphatic hydroxyl groups excluding tert-OH is 1. The van der Waals surface area contributed by atoms with Crippen LogP contribution in [-0.2, 0) is 25.4 Å². The van der Waals surface area contributed by atoms with Crippen LogP contribution in [0.25, 0.3) is 21.7 Å². The van der Waals surface area contributed by atoms with E-state index < -0.39 is 99.0 Å². The number of piperidine rings is 1. The van der Waals surface area contributed by atoms with Crippen LogP contribution in [-0.4, -0.2) is 102 Å². The fourth-order valence-electron chi connectivity index (χ4n) is 10.5. The topological polar surface area (TPSA) is 198 Å². The van der Waals surface area contributed by atoms with Crippen molar-refractivity contribution in [2.24, 2.45) is 5.92 Å². The van der Waals surface area contributed by atoms with Gasteiger partial charge in [-0.05, 0) is 87.3 Å². The Kier molecular flexibility index (Phi) is 16.0. The molecule has 3 fully saturated rings. The first-order valence-corrected chi connectivity index (χ1v) is 26.8. The number of halogens is 6. The fourth-order valence-corrected chi connectivity index (χ4v) is 11.8. The molecule has 3 saturated heterocycles. The summed E-state index contributed by atoms with van der Waals surface area (Å²) in [7, 11) is 0. The molecule has 0 aliphatic carbocycles. The highest BCUT2D eigenvalue weighted by atomic mass is 32.1. The summed E-state index contributed by atoms with van der Waals surface area (Å²) in [4.78, 5) is 70.5. The van der Waals surface area contributed by atoms with E-state index in [1.807, 2.05) is 45.0 Å². The molecule has 24 heteroatoms. The normalized spacial score (nSPS) is 18.5. The molecule has 1 unspecified atom stereocenters. The number of amides is 4. The van der Waals surface area contributed by atoms with E-state index in [0.29, 0.717) is 34.8 Å². The van der Waals surface area contributed by atoms with Gasteiger partial charge in [0, 0.05) is 56.6 Å². The maximum atomic E-state index is 16.0. The molecule has 9 rings (SSSR count). The summed E-state index contributed by atoms with van der Waals surface area (Å²) in [6.45, 7) is 10.4. The number of hydrogen-bond acceptors (Lipinski definition) is 13. The summed E-state index contributed by atoms with van der Waals surface area (Å²) in [6, 6.07) is 14.7. The molecule has 0 radical (unpaired) electrons. The van der Waals surface area contributed by atoms with Crippen LogP contribution in [0.2, 0.25) is 0 Å². The van der Waals surface area contributed by atoms with Gasteiger partial charge in [-0.2, -0.15) is 18.4 Å². The number of benzene rings is 3. The van der Waals surface area contributed by atoms with Crippen LogP contribution in [0.15, 0.2) is 83.0 Å². The summed E-state index contributed by atoms with van der Waals surface area (Å²) in [6.07, 6.45) is -5.24. The average Bonchev–Trinajstić information content (AvgIpc) is 4.32. The zero-order chi connectivity index (χ0) is 57.7. The Morgan fingerprint density at radius 3 is 2.29 bits per heavy atom. The lowest BCUT2D eigenvalue weighted by Gasteiger charge is -2.34. The highest BCUT2D eigenvalue weighted by Crippen LogP contribution is 2.43. The number of alkyl halides is 3. The molecular formula is C56H53F6N9O7S2. The first kappa shape index (κ1) is 57.0. The van der Waals surface area contributed by atoms with Gasteiger partial charge < -0.3 is 34.4 Å². The Bertz CT molecular complexity index is 3450. The average molecular weight is 1140 g/mol. The number of aromatic nitrogens is 3. The van der Waals surface area contributed by atoms with E-state index in [-0.39, 0.29) is 67.0 Å². The smallest absolute Gasteiger partial charge is 0.420 e. The van der Waals surface area contributed by atoms with Crippen LogP contribution in [0.5, 0.6) is 5.75 Å². The van der Waals surface area contributed by atoms with Crippen LogP contribution < -0.4 is 19.9 Å². The van der Waals surface area contributed by atoms with Crippen molar-refractivity contribution in [2.45, 2.75) is 109 Å². The molecule has 3 aliphatic heterocycles. The number of nitriles is 1. The third-order valence-corrected chi connectivity index (χ3v) is 15.9. The number of β-amino-alcohol motifs (C(OH)–C–C–N with tert-alkyl or cyclic N) is 1. The van der Waals surface area contributed by atoms with Crippen molar-refractivity contribution in [3.05, 3.63) is 130 Å². The van der Waals surface area contributed by atoms with E-state index in [2.05, 4.69) is 20.4 Å². The molecule has 6 aromatic rings. The molecule has 80 heavy (non-hydrogen) atoms. The molecule has 418 valence electrons. The molecule has 0 spiro atoms. The van der Waals surface area contributed by atoms with Gasteiger partial charge in [-0.15, -0.1) is 11.3 Å². The molecular weight excluding hydrogens is 1090 g/mol. The molecule has 6 heterocycles. The SMILES string of the molecule is Cc1cc(C(C(=O)N2C[C@H](O)C[C@H]2C(=O)N[C@@H](CC(=O)N2CCC(Oc3ccc(-c4ncc(N5C(=S)N(c6ccc(C#N)c(C(F)(F)F)c6F)C(=O)C5(C)C)cc4F)cc3F)CC2)c2ccc(-c3scnc3C)cc2)C(C)C)on1. The van der Waals surface area contributed by atoms with Crippen molar-refractivity contribution in [3.8, 4) is 33.5 Å². The monoisotopic (exact) mass is 1140 g/mol. The quantitative estimate of drug-likeness (QED) is 0.0773. The van der Waals surface area contributed by atoms with E-state index in [9.17, 15) is 42.7 Å². The highest BCUT2D eigenvalue weighted by molar-refractivity contribution is 7.81. The van der Waals surface area contributed by atoms with Gasteiger partial charge in [-0.25, -0.2) is 18.2 Å². The third-order valence-electron chi connectivity index (χ3n) is 14.6. The maximum Gasteiger partial charge on any atom is 0.420 e. The van der Waals surface area contributed by atoms with Gasteiger partial charge in [0.05, 0.1) is 69.5 Å². The lowest BCUT2D eigenvalue weighted by molar-refractivity contribution is -0.141. The zero-order valence-electron chi connectivity index (χ0n) is 44.0. The number of likely N-dealkylation sites (tertiary alicyclic amines) is 2. The molecule has 3 aliphatic rings. The van der Waals surface area contributed by atoms with Gasteiger partial charge in [0.2, 0.25) is 17.7 Å². The minimum Gasteiger partial charge on any atom is -0.487 e. The zero-order valence-corrected chi connectivity index (χ0v) is 45.6. The van der Waals surface area contributed by atoms with Gasteiger partial charge in [0.15, 0.2) is 28.3 Å². The Hall–Kier alpha value is -7.75. The number of pyridine rings is 1. The molecule has 3 aromatic carbocycles. The van der Waals surface area contributed by atoms with E-state index in [1.54, 1.807) is 23.4 Å². The Morgan fingerprint density at radius 1 is 0.988 bits per heavy atom. The molecule has 0 bridgehead atoms. The number of thiocarbonyl (C=S) groups is 1. The number of nitrogens with one attached hydrogen (secondary N) is 1. The van der Waals surface area contributed by atoms with Gasteiger partial charge in [-0.1, -0.05) is 43.3 Å². The first-order chi connectivity index (χ1) is 37.9. The summed E-state index contributed by atoms with van der Waals surface area (Å²) in [5.41, 5.74) is -1.15. The molecule has 2 N–H and O–H groups in total. The van der Waals surface area contributed by atoms with Gasteiger partial charge in [0.1, 0.15) is 40.6 Å². The fraction of sp³-hybridized carbons (Fsp3) is 0.375. The predicted molar refractivity (Wildman–Crippen MR) is 285 cm³/mol. The highest BCUT2D eigenvalue weighted by Gasteiger charge is 2.52. The van der Waals surface area contributed by atoms with Crippen LogP contribution in [0.3, 0.4) is 0 Å².